The molecule has 1 N–H and O–H groups in total. The maximum atomic E-state index is 12.1. The van der Waals surface area contributed by atoms with Crippen LogP contribution in [0.3, 0.4) is 0 Å². The minimum Gasteiger partial charge on any atom is -0.491 e. The molecule has 0 saturated carbocycles. The minimum absolute atomic E-state index is 0.0164. The molecule has 3 rings (SSSR count). The van der Waals surface area contributed by atoms with Gasteiger partial charge in [0.2, 0.25) is 0 Å². The molecule has 2 aromatic carbocycles. The van der Waals surface area contributed by atoms with E-state index < -0.39 is 0 Å². The Morgan fingerprint density at radius 2 is 1.71 bits per heavy atom. The molecule has 1 aliphatic carbocycles. The van der Waals surface area contributed by atoms with E-state index in [4.69, 9.17) is 9.47 Å². The largest absolute Gasteiger partial charge is 0.491 e. The molecule has 1 aliphatic rings. The Hall–Kier alpha value is -2.49. The SMILES string of the molecule is CC(C)(C)c1ccccc1OCCNC(=O)COc1cccc2c1CCCC2. The number of nitrogens with one attached hydrogen (secondary N) is 1. The molecule has 0 unspecified atom stereocenters. The summed E-state index contributed by atoms with van der Waals surface area (Å²) in [5.74, 6) is 1.60. The Morgan fingerprint density at radius 1 is 0.964 bits per heavy atom. The van der Waals surface area contributed by atoms with Gasteiger partial charge in [-0.05, 0) is 59.9 Å². The molecule has 0 bridgehead atoms. The molecule has 0 atom stereocenters. The third-order valence-corrected chi connectivity index (χ3v) is 5.09. The van der Waals surface area contributed by atoms with Crippen LogP contribution in [-0.4, -0.2) is 25.7 Å². The molecule has 0 aliphatic heterocycles. The third kappa shape index (κ3) is 5.28. The first kappa shape index (κ1) is 20.2. The second-order valence-electron chi connectivity index (χ2n) is 8.33. The second kappa shape index (κ2) is 9.13. The standard InChI is InChI=1S/C24H31NO3/c1-24(2,3)20-12-6-7-13-22(20)27-16-15-25-23(26)17-28-21-14-8-10-18-9-4-5-11-19(18)21/h6-8,10,12-14H,4-5,9,11,15-17H2,1-3H3,(H,25,26). The molecule has 0 saturated heterocycles. The van der Waals surface area contributed by atoms with Crippen LogP contribution in [0.4, 0.5) is 0 Å². The van der Waals surface area contributed by atoms with Gasteiger partial charge in [-0.15, -0.1) is 0 Å². The number of carbonyl (C=O) groups is 1. The molecular weight excluding hydrogens is 350 g/mol. The molecule has 0 spiro atoms. The highest BCUT2D eigenvalue weighted by Gasteiger charge is 2.18. The fraction of sp³-hybridized carbons (Fsp3) is 0.458. The van der Waals surface area contributed by atoms with Crippen LogP contribution in [0.25, 0.3) is 0 Å². The second-order valence-corrected chi connectivity index (χ2v) is 8.33. The number of fused-ring (bicyclic) bond motifs is 1. The van der Waals surface area contributed by atoms with E-state index in [1.54, 1.807) is 0 Å². The van der Waals surface area contributed by atoms with E-state index in [0.29, 0.717) is 13.2 Å². The van der Waals surface area contributed by atoms with Crippen molar-refractivity contribution in [3.8, 4) is 11.5 Å². The lowest BCUT2D eigenvalue weighted by Crippen LogP contribution is -2.32. The van der Waals surface area contributed by atoms with Crippen molar-refractivity contribution in [1.29, 1.82) is 0 Å². The quantitative estimate of drug-likeness (QED) is 0.722. The van der Waals surface area contributed by atoms with Crippen molar-refractivity contribution < 1.29 is 14.3 Å². The molecule has 2 aromatic rings. The molecule has 0 fully saturated rings. The number of hydrogen-bond donors (Lipinski definition) is 1. The van der Waals surface area contributed by atoms with Gasteiger partial charge in [-0.2, -0.15) is 0 Å². The predicted octanol–water partition coefficient (Wildman–Crippen LogP) is 4.44. The van der Waals surface area contributed by atoms with Crippen molar-refractivity contribution in [2.75, 3.05) is 19.8 Å². The van der Waals surface area contributed by atoms with Crippen LogP contribution in [0.15, 0.2) is 42.5 Å². The first-order valence-electron chi connectivity index (χ1n) is 10.2. The summed E-state index contributed by atoms with van der Waals surface area (Å²) in [5, 5.41) is 2.87. The van der Waals surface area contributed by atoms with Gasteiger partial charge in [-0.1, -0.05) is 51.1 Å². The summed E-state index contributed by atoms with van der Waals surface area (Å²) in [6, 6.07) is 14.2. The highest BCUT2D eigenvalue weighted by Crippen LogP contribution is 2.31. The number of benzene rings is 2. The minimum atomic E-state index is -0.124. The number of carbonyl (C=O) groups excluding carboxylic acids is 1. The van der Waals surface area contributed by atoms with Crippen molar-refractivity contribution >= 4 is 5.91 Å². The number of amides is 1. The average Bonchev–Trinajstić information content (AvgIpc) is 2.69. The monoisotopic (exact) mass is 381 g/mol. The summed E-state index contributed by atoms with van der Waals surface area (Å²) in [5.41, 5.74) is 3.81. The number of ether oxygens (including phenoxy) is 2. The van der Waals surface area contributed by atoms with E-state index in [2.05, 4.69) is 38.2 Å². The Bertz CT molecular complexity index is 808. The summed E-state index contributed by atoms with van der Waals surface area (Å²) in [7, 11) is 0. The van der Waals surface area contributed by atoms with Crippen LogP contribution in [-0.2, 0) is 23.1 Å². The fourth-order valence-corrected chi connectivity index (χ4v) is 3.64. The lowest BCUT2D eigenvalue weighted by atomic mass is 9.86. The number of para-hydroxylation sites is 1. The van der Waals surface area contributed by atoms with Gasteiger partial charge in [0.25, 0.3) is 5.91 Å². The topological polar surface area (TPSA) is 47.6 Å². The van der Waals surface area contributed by atoms with Gasteiger partial charge in [0.05, 0.1) is 6.54 Å². The van der Waals surface area contributed by atoms with Crippen molar-refractivity contribution in [2.24, 2.45) is 0 Å². The van der Waals surface area contributed by atoms with Crippen LogP contribution in [0.5, 0.6) is 11.5 Å². The van der Waals surface area contributed by atoms with Gasteiger partial charge < -0.3 is 14.8 Å². The highest BCUT2D eigenvalue weighted by molar-refractivity contribution is 5.77. The zero-order valence-electron chi connectivity index (χ0n) is 17.2. The summed E-state index contributed by atoms with van der Waals surface area (Å²) in [6.45, 7) is 7.41. The molecule has 0 heterocycles. The Labute approximate surface area is 168 Å². The first-order chi connectivity index (χ1) is 13.4. The Kier molecular flexibility index (Phi) is 6.61. The van der Waals surface area contributed by atoms with Crippen LogP contribution in [0.1, 0.15) is 50.3 Å². The van der Waals surface area contributed by atoms with Gasteiger partial charge in [-0.3, -0.25) is 4.79 Å². The average molecular weight is 382 g/mol. The van der Waals surface area contributed by atoms with Crippen LogP contribution in [0.2, 0.25) is 0 Å². The maximum Gasteiger partial charge on any atom is 0.258 e. The number of hydrogen-bond acceptors (Lipinski definition) is 3. The van der Waals surface area contributed by atoms with Crippen molar-refractivity contribution in [3.63, 3.8) is 0 Å². The highest BCUT2D eigenvalue weighted by atomic mass is 16.5. The van der Waals surface area contributed by atoms with Crippen LogP contribution >= 0.6 is 0 Å². The van der Waals surface area contributed by atoms with Crippen molar-refractivity contribution in [2.45, 2.75) is 51.9 Å². The molecule has 4 nitrogen and oxygen atoms in total. The van der Waals surface area contributed by atoms with E-state index in [1.807, 2.05) is 30.3 Å². The molecule has 28 heavy (non-hydrogen) atoms. The smallest absolute Gasteiger partial charge is 0.258 e. The fourth-order valence-electron chi connectivity index (χ4n) is 3.64. The number of rotatable bonds is 7. The van der Waals surface area contributed by atoms with Gasteiger partial charge in [0.1, 0.15) is 18.1 Å². The number of aryl methyl sites for hydroxylation is 1. The first-order valence-corrected chi connectivity index (χ1v) is 10.2. The molecule has 0 radical (unpaired) electrons. The van der Waals surface area contributed by atoms with E-state index in [9.17, 15) is 4.79 Å². The Morgan fingerprint density at radius 3 is 2.54 bits per heavy atom. The lowest BCUT2D eigenvalue weighted by molar-refractivity contribution is -0.123. The molecule has 0 aromatic heterocycles. The van der Waals surface area contributed by atoms with Gasteiger partial charge in [0.15, 0.2) is 6.61 Å². The lowest BCUT2D eigenvalue weighted by Gasteiger charge is -2.22. The van der Waals surface area contributed by atoms with Crippen molar-refractivity contribution in [3.05, 3.63) is 59.2 Å². The van der Waals surface area contributed by atoms with Gasteiger partial charge >= 0.3 is 0 Å². The summed E-state index contributed by atoms with van der Waals surface area (Å²) in [6.07, 6.45) is 4.56. The summed E-state index contributed by atoms with van der Waals surface area (Å²) < 4.78 is 11.7. The Balaban J connectivity index is 1.44. The van der Waals surface area contributed by atoms with Crippen molar-refractivity contribution in [1.82, 2.24) is 5.32 Å². The molecular formula is C24H31NO3. The van der Waals surface area contributed by atoms with Gasteiger partial charge in [-0.25, -0.2) is 0 Å². The van der Waals surface area contributed by atoms with E-state index in [1.165, 1.54) is 29.5 Å². The van der Waals surface area contributed by atoms with Gasteiger partial charge in [0, 0.05) is 0 Å². The molecule has 4 heteroatoms. The van der Waals surface area contributed by atoms with E-state index >= 15 is 0 Å². The normalized spacial score (nSPS) is 13.5. The van der Waals surface area contributed by atoms with E-state index in [-0.39, 0.29) is 17.9 Å². The molecule has 150 valence electrons. The van der Waals surface area contributed by atoms with Crippen LogP contribution in [0, 0.1) is 0 Å². The predicted molar refractivity (Wildman–Crippen MR) is 112 cm³/mol. The zero-order valence-corrected chi connectivity index (χ0v) is 17.2. The van der Waals surface area contributed by atoms with E-state index in [0.717, 1.165) is 24.3 Å². The zero-order chi connectivity index (χ0) is 20.0. The summed E-state index contributed by atoms with van der Waals surface area (Å²) >= 11 is 0. The molecule has 1 amide bonds. The van der Waals surface area contributed by atoms with Crippen LogP contribution < -0.4 is 14.8 Å². The maximum absolute atomic E-state index is 12.1. The summed E-state index contributed by atoms with van der Waals surface area (Å²) in [4.78, 5) is 12.1. The third-order valence-electron chi connectivity index (χ3n) is 5.09.